The smallest absolute Gasteiger partial charge is 0.343 e. The highest BCUT2D eigenvalue weighted by atomic mass is 32.2. The van der Waals surface area contributed by atoms with Crippen molar-refractivity contribution in [2.75, 3.05) is 12.4 Å². The van der Waals surface area contributed by atoms with E-state index < -0.39 is 24.0 Å². The number of carbonyl (C=O) groups is 2. The molecule has 0 aliphatic heterocycles. The van der Waals surface area contributed by atoms with Crippen LogP contribution in [0.2, 0.25) is 0 Å². The Morgan fingerprint density at radius 2 is 1.79 bits per heavy atom. The van der Waals surface area contributed by atoms with Crippen molar-refractivity contribution in [3.8, 4) is 0 Å². The van der Waals surface area contributed by atoms with Gasteiger partial charge in [0.25, 0.3) is 0 Å². The third kappa shape index (κ3) is 13.8. The van der Waals surface area contributed by atoms with E-state index in [1.54, 1.807) is 0 Å². The number of hydrogen-bond acceptors (Lipinski definition) is 5. The Morgan fingerprint density at radius 3 is 2.00 bits per heavy atom. The van der Waals surface area contributed by atoms with Gasteiger partial charge in [0.05, 0.1) is 0 Å². The summed E-state index contributed by atoms with van der Waals surface area (Å²) in [4.78, 5) is 19.1. The molecule has 7 heteroatoms. The lowest BCUT2D eigenvalue weighted by atomic mass is 10.6. The molecule has 84 valence electrons. The lowest BCUT2D eigenvalue weighted by molar-refractivity contribution is -0.142. The van der Waals surface area contributed by atoms with Gasteiger partial charge in [0.2, 0.25) is 0 Å². The molecule has 0 aliphatic carbocycles. The van der Waals surface area contributed by atoms with Crippen molar-refractivity contribution in [2.24, 2.45) is 0 Å². The van der Waals surface area contributed by atoms with E-state index in [9.17, 15) is 4.79 Å². The summed E-state index contributed by atoms with van der Waals surface area (Å²) in [5.41, 5.74) is -1.25. The van der Waals surface area contributed by atoms with Gasteiger partial charge in [-0.15, -0.1) is 11.8 Å². The molecule has 0 aromatic carbocycles. The Bertz CT molecular complexity index is 172. The molecule has 14 heavy (non-hydrogen) atoms. The second-order valence-electron chi connectivity index (χ2n) is 2.11. The van der Waals surface area contributed by atoms with Crippen molar-refractivity contribution in [3.63, 3.8) is 0 Å². The molecule has 0 amide bonds. The number of carboxylic acid groups (broad SMARTS) is 2. The highest BCUT2D eigenvalue weighted by molar-refractivity contribution is 8.00. The first-order valence-corrected chi connectivity index (χ1v) is 4.85. The summed E-state index contributed by atoms with van der Waals surface area (Å²) in [6.07, 6.45) is 0.884. The molecule has 0 bridgehead atoms. The Hall–Kier alpha value is -0.790. The minimum Gasteiger partial charge on any atom is -0.480 e. The van der Waals surface area contributed by atoms with Gasteiger partial charge in [-0.05, 0) is 12.2 Å². The van der Waals surface area contributed by atoms with Gasteiger partial charge in [-0.1, -0.05) is 6.92 Å². The third-order valence-electron chi connectivity index (χ3n) is 0.826. The first-order chi connectivity index (χ1) is 6.45. The molecule has 0 fully saturated rings. The van der Waals surface area contributed by atoms with E-state index in [1.807, 2.05) is 6.92 Å². The summed E-state index contributed by atoms with van der Waals surface area (Å²) < 4.78 is 0. The minimum absolute atomic E-state index is 0.688. The lowest BCUT2D eigenvalue weighted by Crippen LogP contribution is -2.15. The summed E-state index contributed by atoms with van der Waals surface area (Å²) in [5.74, 6) is -1.66. The van der Waals surface area contributed by atoms with Crippen molar-refractivity contribution in [1.29, 1.82) is 0 Å². The predicted octanol–water partition coefficient (Wildman–Crippen LogP) is -0.404. The van der Waals surface area contributed by atoms with E-state index in [4.69, 9.17) is 25.2 Å². The summed E-state index contributed by atoms with van der Waals surface area (Å²) >= 11 is 1.04. The summed E-state index contributed by atoms with van der Waals surface area (Å²) in [6, 6.07) is 0. The van der Waals surface area contributed by atoms with E-state index in [2.05, 4.69) is 0 Å². The Balaban J connectivity index is 0. The normalized spacial score (nSPS) is 11.1. The van der Waals surface area contributed by atoms with Gasteiger partial charge >= 0.3 is 11.9 Å². The van der Waals surface area contributed by atoms with Crippen LogP contribution in [0.25, 0.3) is 0 Å². The zero-order chi connectivity index (χ0) is 11.6. The maximum absolute atomic E-state index is 9.93. The van der Waals surface area contributed by atoms with Gasteiger partial charge in [0.1, 0.15) is 6.61 Å². The monoisotopic (exact) mass is 226 g/mol. The summed E-state index contributed by atoms with van der Waals surface area (Å²) in [5, 5.41) is 31.8. The van der Waals surface area contributed by atoms with Crippen molar-refractivity contribution < 1.29 is 30.0 Å². The molecule has 4 N–H and O–H groups in total. The molecule has 0 saturated carbocycles. The third-order valence-corrected chi connectivity index (χ3v) is 1.99. The minimum atomic E-state index is -1.25. The fraction of sp³-hybridized carbons (Fsp3) is 0.714. The van der Waals surface area contributed by atoms with Crippen molar-refractivity contribution in [2.45, 2.75) is 18.8 Å². The zero-order valence-corrected chi connectivity index (χ0v) is 8.53. The Morgan fingerprint density at radius 1 is 1.36 bits per heavy atom. The first-order valence-electron chi connectivity index (χ1n) is 3.80. The van der Waals surface area contributed by atoms with Crippen LogP contribution in [0.1, 0.15) is 13.3 Å². The van der Waals surface area contributed by atoms with Gasteiger partial charge in [-0.25, -0.2) is 9.59 Å². The molecule has 6 nitrogen and oxygen atoms in total. The molecular formula is C7H14O6S. The molecule has 0 radical (unpaired) electrons. The highest BCUT2D eigenvalue weighted by Gasteiger charge is 2.11. The molecule has 0 heterocycles. The topological polar surface area (TPSA) is 115 Å². The van der Waals surface area contributed by atoms with E-state index >= 15 is 0 Å². The van der Waals surface area contributed by atoms with Crippen LogP contribution < -0.4 is 0 Å². The van der Waals surface area contributed by atoms with E-state index in [0.717, 1.165) is 18.2 Å². The molecule has 1 unspecified atom stereocenters. The maximum Gasteiger partial charge on any atom is 0.343 e. The van der Waals surface area contributed by atoms with E-state index in [1.165, 1.54) is 0 Å². The lowest BCUT2D eigenvalue weighted by Gasteiger charge is -2.01. The summed E-state index contributed by atoms with van der Waals surface area (Å²) in [7, 11) is 0. The number of thioether (sulfide) groups is 1. The highest BCUT2D eigenvalue weighted by Crippen LogP contribution is 2.08. The largest absolute Gasteiger partial charge is 0.480 e. The Labute approximate surface area is 85.6 Å². The van der Waals surface area contributed by atoms with Crippen LogP contribution >= 0.6 is 11.8 Å². The van der Waals surface area contributed by atoms with Gasteiger partial charge in [0, 0.05) is 0 Å². The van der Waals surface area contributed by atoms with Crippen LogP contribution in [0.15, 0.2) is 0 Å². The van der Waals surface area contributed by atoms with Crippen LogP contribution in [0.5, 0.6) is 0 Å². The first kappa shape index (κ1) is 15.7. The fourth-order valence-electron chi connectivity index (χ4n) is 0.301. The van der Waals surface area contributed by atoms with E-state index in [-0.39, 0.29) is 0 Å². The second kappa shape index (κ2) is 10.3. The number of aliphatic hydroxyl groups is 2. The number of rotatable bonds is 5. The predicted molar refractivity (Wildman–Crippen MR) is 51.1 cm³/mol. The maximum atomic E-state index is 9.93. The van der Waals surface area contributed by atoms with Crippen LogP contribution in [0.4, 0.5) is 0 Å². The molecule has 0 aliphatic rings. The van der Waals surface area contributed by atoms with Gasteiger partial charge in [0.15, 0.2) is 5.44 Å². The molecular weight excluding hydrogens is 212 g/mol. The van der Waals surface area contributed by atoms with Gasteiger partial charge < -0.3 is 20.4 Å². The van der Waals surface area contributed by atoms with Crippen molar-refractivity contribution in [3.05, 3.63) is 0 Å². The van der Waals surface area contributed by atoms with Crippen LogP contribution in [0, 0.1) is 0 Å². The number of aliphatic carboxylic acids is 2. The standard InChI is InChI=1S/C5H10O3S.C2H4O3/c1-2-3-9-5(8)4(6)7;3-1-2(4)5/h5,8H,2-3H2,1H3,(H,6,7);3H,1H2,(H,4,5). The molecule has 0 spiro atoms. The van der Waals surface area contributed by atoms with Crippen LogP contribution in [0.3, 0.4) is 0 Å². The molecule has 1 atom stereocenters. The fourth-order valence-corrected chi connectivity index (χ4v) is 0.902. The Kier molecular flexibility index (Phi) is 11.5. The number of hydrogen-bond donors (Lipinski definition) is 4. The number of carboxylic acids is 2. The van der Waals surface area contributed by atoms with Crippen LogP contribution in [-0.4, -0.2) is 50.2 Å². The van der Waals surface area contributed by atoms with Crippen molar-refractivity contribution in [1.82, 2.24) is 0 Å². The van der Waals surface area contributed by atoms with Crippen LogP contribution in [-0.2, 0) is 9.59 Å². The van der Waals surface area contributed by atoms with Gasteiger partial charge in [-0.2, -0.15) is 0 Å². The summed E-state index contributed by atoms with van der Waals surface area (Å²) in [6.45, 7) is 1.15. The SMILES string of the molecule is CCCSC(O)C(=O)O.O=C(O)CO. The number of aliphatic hydroxyl groups excluding tert-OH is 2. The molecule has 0 aromatic heterocycles. The average molecular weight is 226 g/mol. The van der Waals surface area contributed by atoms with Gasteiger partial charge in [-0.3, -0.25) is 0 Å². The van der Waals surface area contributed by atoms with E-state index in [0.29, 0.717) is 5.75 Å². The molecule has 0 saturated heterocycles. The quantitative estimate of drug-likeness (QED) is 0.471. The van der Waals surface area contributed by atoms with Crippen molar-refractivity contribution >= 4 is 23.7 Å². The second-order valence-corrected chi connectivity index (χ2v) is 3.30. The molecule has 0 aromatic rings. The molecule has 0 rings (SSSR count). The average Bonchev–Trinajstić information content (AvgIpc) is 2.14. The zero-order valence-electron chi connectivity index (χ0n) is 7.71.